The molecule has 1 amide bonds. The van der Waals surface area contributed by atoms with Crippen molar-refractivity contribution >= 4 is 21.6 Å². The molecule has 0 aliphatic heterocycles. The fourth-order valence-corrected chi connectivity index (χ4v) is 1.87. The van der Waals surface area contributed by atoms with E-state index in [0.29, 0.717) is 11.1 Å². The molecule has 0 bridgehead atoms. The molecule has 1 aromatic carbocycles. The van der Waals surface area contributed by atoms with Crippen molar-refractivity contribution in [1.82, 2.24) is 5.32 Å². The van der Waals surface area contributed by atoms with Gasteiger partial charge in [-0.15, -0.1) is 0 Å². The van der Waals surface area contributed by atoms with Gasteiger partial charge in [0.1, 0.15) is 4.75 Å². The Kier molecular flexibility index (Phi) is 4.95. The molecule has 0 saturated heterocycles. The number of carbonyl (C=O) groups is 1. The second kappa shape index (κ2) is 6.13. The van der Waals surface area contributed by atoms with Crippen molar-refractivity contribution in [2.45, 2.75) is 25.1 Å². The van der Waals surface area contributed by atoms with Gasteiger partial charge in [0, 0.05) is 18.4 Å². The molecule has 7 nitrogen and oxygen atoms in total. The van der Waals surface area contributed by atoms with E-state index in [2.05, 4.69) is 10.5 Å². The van der Waals surface area contributed by atoms with E-state index in [0.717, 1.165) is 6.26 Å². The monoisotopic (exact) mass is 313 g/mol. The lowest BCUT2D eigenvalue weighted by molar-refractivity contribution is -0.123. The van der Waals surface area contributed by atoms with E-state index < -0.39 is 20.5 Å². The van der Waals surface area contributed by atoms with Gasteiger partial charge in [-0.1, -0.05) is 23.4 Å². The number of nitrogens with two attached hydrogens (primary N) is 1. The maximum Gasteiger partial charge on any atom is 0.241 e. The van der Waals surface area contributed by atoms with Crippen LogP contribution in [0.15, 0.2) is 29.4 Å². The smallest absolute Gasteiger partial charge is 0.241 e. The molecule has 0 atom stereocenters. The molecule has 0 radical (unpaired) electrons. The second-order valence-electron chi connectivity index (χ2n) is 5.15. The van der Waals surface area contributed by atoms with Crippen LogP contribution in [0.2, 0.25) is 0 Å². The van der Waals surface area contributed by atoms with Gasteiger partial charge in [0.2, 0.25) is 5.91 Å². The highest BCUT2D eigenvalue weighted by atomic mass is 32.2. The summed E-state index contributed by atoms with van der Waals surface area (Å²) >= 11 is 0. The molecule has 0 unspecified atom stereocenters. The molecule has 0 fully saturated rings. The number of nitrogens with one attached hydrogen (secondary N) is 1. The number of sulfone groups is 1. The van der Waals surface area contributed by atoms with Crippen molar-refractivity contribution in [3.63, 3.8) is 0 Å². The molecule has 0 heterocycles. The number of oxime groups is 1. The van der Waals surface area contributed by atoms with Crippen molar-refractivity contribution in [2.75, 3.05) is 6.26 Å². The van der Waals surface area contributed by atoms with Crippen molar-refractivity contribution < 1.29 is 18.4 Å². The normalized spacial score (nSPS) is 13.0. The molecule has 116 valence electrons. The number of hydrogen-bond acceptors (Lipinski definition) is 5. The summed E-state index contributed by atoms with van der Waals surface area (Å²) in [6.45, 7) is 2.85. The van der Waals surface area contributed by atoms with E-state index in [9.17, 15) is 13.2 Å². The van der Waals surface area contributed by atoms with Gasteiger partial charge in [0.15, 0.2) is 15.7 Å². The number of amides is 1. The third kappa shape index (κ3) is 3.94. The first-order chi connectivity index (χ1) is 9.59. The zero-order chi connectivity index (χ0) is 16.3. The van der Waals surface area contributed by atoms with Crippen molar-refractivity contribution in [3.8, 4) is 0 Å². The molecular formula is C13H19N3O4S. The first-order valence-electron chi connectivity index (χ1n) is 6.14. The highest BCUT2D eigenvalue weighted by molar-refractivity contribution is 7.92. The second-order valence-corrected chi connectivity index (χ2v) is 7.72. The predicted molar refractivity (Wildman–Crippen MR) is 79.7 cm³/mol. The third-order valence-corrected chi connectivity index (χ3v) is 5.30. The Hall–Kier alpha value is -2.09. The van der Waals surface area contributed by atoms with Gasteiger partial charge in [-0.2, -0.15) is 0 Å². The van der Waals surface area contributed by atoms with Crippen LogP contribution < -0.4 is 11.1 Å². The lowest BCUT2D eigenvalue weighted by atomic mass is 10.1. The Labute approximate surface area is 123 Å². The standard InChI is InChI=1S/C13H19N3O4S/c1-13(2,21(3,19)20)12(17)15-8-9-5-4-6-10(7-9)11(14)16-18/h4-7,18H,8H2,1-3H3,(H2,14,16)(H,15,17). The molecule has 1 aromatic rings. The van der Waals surface area contributed by atoms with Gasteiger partial charge < -0.3 is 16.3 Å². The van der Waals surface area contributed by atoms with Crippen molar-refractivity contribution in [2.24, 2.45) is 10.9 Å². The molecule has 0 aliphatic rings. The molecular weight excluding hydrogens is 294 g/mol. The summed E-state index contributed by atoms with van der Waals surface area (Å²) in [5.41, 5.74) is 6.69. The molecule has 21 heavy (non-hydrogen) atoms. The summed E-state index contributed by atoms with van der Waals surface area (Å²) in [7, 11) is -3.52. The molecule has 8 heteroatoms. The molecule has 0 aromatic heterocycles. The highest BCUT2D eigenvalue weighted by Crippen LogP contribution is 2.15. The van der Waals surface area contributed by atoms with E-state index in [4.69, 9.17) is 10.9 Å². The van der Waals surface area contributed by atoms with E-state index in [1.54, 1.807) is 24.3 Å². The van der Waals surface area contributed by atoms with Crippen LogP contribution in [0.25, 0.3) is 0 Å². The number of amidine groups is 1. The quantitative estimate of drug-likeness (QED) is 0.311. The van der Waals surface area contributed by atoms with Gasteiger partial charge in [0.05, 0.1) is 0 Å². The maximum atomic E-state index is 12.0. The Bertz CT molecular complexity index is 666. The number of benzene rings is 1. The van der Waals surface area contributed by atoms with Crippen LogP contribution in [0.4, 0.5) is 0 Å². The first kappa shape index (κ1) is 17.0. The fraction of sp³-hybridized carbons (Fsp3) is 0.385. The van der Waals surface area contributed by atoms with Gasteiger partial charge >= 0.3 is 0 Å². The summed E-state index contributed by atoms with van der Waals surface area (Å²) in [5, 5.41) is 14.1. The van der Waals surface area contributed by atoms with Crippen molar-refractivity contribution in [1.29, 1.82) is 0 Å². The lowest BCUT2D eigenvalue weighted by Crippen LogP contribution is -2.47. The lowest BCUT2D eigenvalue weighted by Gasteiger charge is -2.21. The largest absolute Gasteiger partial charge is 0.409 e. The van der Waals surface area contributed by atoms with Gasteiger partial charge in [-0.25, -0.2) is 8.42 Å². The van der Waals surface area contributed by atoms with Crippen LogP contribution in [0.1, 0.15) is 25.0 Å². The molecule has 1 rings (SSSR count). The number of hydrogen-bond donors (Lipinski definition) is 3. The van der Waals surface area contributed by atoms with E-state index in [1.165, 1.54) is 13.8 Å². The Morgan fingerprint density at radius 2 is 2.05 bits per heavy atom. The summed E-state index contributed by atoms with van der Waals surface area (Å²) in [5.74, 6) is -0.626. The minimum absolute atomic E-state index is 0.0420. The van der Waals surface area contributed by atoms with Gasteiger partial charge in [-0.3, -0.25) is 4.79 Å². The van der Waals surface area contributed by atoms with Gasteiger partial charge in [0.25, 0.3) is 0 Å². The number of rotatable bonds is 5. The summed E-state index contributed by atoms with van der Waals surface area (Å²) in [4.78, 5) is 12.0. The molecule has 0 spiro atoms. The number of nitrogens with zero attached hydrogens (tertiary/aromatic N) is 1. The predicted octanol–water partition coefficient (Wildman–Crippen LogP) is 0.221. The summed E-state index contributed by atoms with van der Waals surface area (Å²) in [6, 6.07) is 6.72. The van der Waals surface area contributed by atoms with E-state index in [1.807, 2.05) is 0 Å². The third-order valence-electron chi connectivity index (χ3n) is 3.26. The summed E-state index contributed by atoms with van der Waals surface area (Å²) in [6.07, 6.45) is 1.02. The van der Waals surface area contributed by atoms with Crippen LogP contribution in [0, 0.1) is 0 Å². The van der Waals surface area contributed by atoms with Gasteiger partial charge in [-0.05, 0) is 25.5 Å². The minimum Gasteiger partial charge on any atom is -0.409 e. The zero-order valence-corrected chi connectivity index (χ0v) is 12.9. The molecule has 0 saturated carbocycles. The summed E-state index contributed by atoms with van der Waals surface area (Å²) < 4.78 is 21.6. The average molecular weight is 313 g/mol. The van der Waals surface area contributed by atoms with Crippen LogP contribution >= 0.6 is 0 Å². The van der Waals surface area contributed by atoms with Crippen molar-refractivity contribution in [3.05, 3.63) is 35.4 Å². The maximum absolute atomic E-state index is 12.0. The topological polar surface area (TPSA) is 122 Å². The number of carbonyl (C=O) groups excluding carboxylic acids is 1. The van der Waals surface area contributed by atoms with Crippen LogP contribution in [0.3, 0.4) is 0 Å². The Morgan fingerprint density at radius 1 is 1.43 bits per heavy atom. The molecule has 4 N–H and O–H groups in total. The molecule has 0 aliphatic carbocycles. The van der Waals surface area contributed by atoms with Crippen LogP contribution in [-0.2, 0) is 21.2 Å². The minimum atomic E-state index is -3.52. The Balaban J connectivity index is 2.84. The average Bonchev–Trinajstić information content (AvgIpc) is 2.42. The highest BCUT2D eigenvalue weighted by Gasteiger charge is 2.38. The first-order valence-corrected chi connectivity index (χ1v) is 8.03. The SMILES string of the molecule is CC(C)(C(=O)NCc1cccc(C(N)=NO)c1)S(C)(=O)=O. The van der Waals surface area contributed by atoms with E-state index >= 15 is 0 Å². The zero-order valence-electron chi connectivity index (χ0n) is 12.1. The van der Waals surface area contributed by atoms with Crippen LogP contribution in [0.5, 0.6) is 0 Å². The van der Waals surface area contributed by atoms with E-state index in [-0.39, 0.29) is 12.4 Å². The van der Waals surface area contributed by atoms with Crippen LogP contribution in [-0.4, -0.2) is 36.4 Å². The fourth-order valence-electron chi connectivity index (χ4n) is 1.46. The Morgan fingerprint density at radius 3 is 2.57 bits per heavy atom.